The van der Waals surface area contributed by atoms with E-state index in [1.807, 2.05) is 0 Å². The average Bonchev–Trinajstić information content (AvgIpc) is 2.39. The molecule has 1 aromatic carbocycles. The van der Waals surface area contributed by atoms with Crippen molar-refractivity contribution in [2.24, 2.45) is 5.73 Å². The predicted octanol–water partition coefficient (Wildman–Crippen LogP) is 2.58. The Morgan fingerprint density at radius 1 is 1.05 bits per heavy atom. The minimum atomic E-state index is 0.330. The van der Waals surface area contributed by atoms with Gasteiger partial charge in [0, 0.05) is 25.7 Å². The maximum Gasteiger partial charge on any atom is 0.0476 e. The second-order valence-corrected chi connectivity index (χ2v) is 5.90. The first kappa shape index (κ1) is 17.2. The molecule has 1 rings (SSSR count). The quantitative estimate of drug-likeness (QED) is 0.793. The lowest BCUT2D eigenvalue weighted by Crippen LogP contribution is -2.39. The van der Waals surface area contributed by atoms with E-state index in [4.69, 9.17) is 5.73 Å². The highest BCUT2D eigenvalue weighted by Gasteiger charge is 2.21. The minimum Gasteiger partial charge on any atom is -0.329 e. The summed E-state index contributed by atoms with van der Waals surface area (Å²) in [6.07, 6.45) is 1.16. The number of likely N-dealkylation sites (N-methyl/N-ethyl adjacent to an activating group) is 1. The molecule has 0 aliphatic heterocycles. The van der Waals surface area contributed by atoms with E-state index >= 15 is 0 Å². The Hall–Kier alpha value is -0.900. The fraction of sp³-hybridized carbons (Fsp3) is 0.647. The van der Waals surface area contributed by atoms with Crippen LogP contribution in [-0.4, -0.2) is 50.1 Å². The van der Waals surface area contributed by atoms with Gasteiger partial charge in [0.1, 0.15) is 0 Å². The monoisotopic (exact) mass is 277 g/mol. The van der Waals surface area contributed by atoms with Crippen molar-refractivity contribution >= 4 is 0 Å². The topological polar surface area (TPSA) is 32.5 Å². The van der Waals surface area contributed by atoms with Gasteiger partial charge in [0.25, 0.3) is 0 Å². The number of hydrogen-bond donors (Lipinski definition) is 1. The Kier molecular flexibility index (Phi) is 7.20. The van der Waals surface area contributed by atoms with Gasteiger partial charge in [0.05, 0.1) is 0 Å². The van der Waals surface area contributed by atoms with Crippen molar-refractivity contribution in [2.45, 2.75) is 33.2 Å². The first-order valence-corrected chi connectivity index (χ1v) is 7.66. The van der Waals surface area contributed by atoms with E-state index in [1.165, 1.54) is 16.7 Å². The van der Waals surface area contributed by atoms with E-state index in [0.29, 0.717) is 12.6 Å². The SMILES string of the molecule is CCCN(CCN(C)C)C(CN)c1c(C)cccc1C. The molecule has 1 aromatic rings. The molecule has 2 N–H and O–H groups in total. The maximum atomic E-state index is 6.12. The lowest BCUT2D eigenvalue weighted by Gasteiger charge is -2.33. The predicted molar refractivity (Wildman–Crippen MR) is 88.1 cm³/mol. The molecule has 3 heteroatoms. The summed E-state index contributed by atoms with van der Waals surface area (Å²) < 4.78 is 0. The summed E-state index contributed by atoms with van der Waals surface area (Å²) in [5.74, 6) is 0. The highest BCUT2D eigenvalue weighted by Crippen LogP contribution is 2.26. The van der Waals surface area contributed by atoms with Crippen molar-refractivity contribution in [1.82, 2.24) is 9.80 Å². The summed E-state index contributed by atoms with van der Waals surface area (Å²) in [7, 11) is 4.25. The molecule has 0 saturated carbocycles. The zero-order valence-corrected chi connectivity index (χ0v) is 13.8. The van der Waals surface area contributed by atoms with Crippen LogP contribution in [0.3, 0.4) is 0 Å². The molecule has 0 bridgehead atoms. The summed E-state index contributed by atoms with van der Waals surface area (Å²) in [4.78, 5) is 4.77. The van der Waals surface area contributed by atoms with Gasteiger partial charge in [-0.25, -0.2) is 0 Å². The Bertz CT molecular complexity index is 381. The molecule has 0 aromatic heterocycles. The van der Waals surface area contributed by atoms with E-state index in [1.54, 1.807) is 0 Å². The van der Waals surface area contributed by atoms with Crippen LogP contribution >= 0.6 is 0 Å². The van der Waals surface area contributed by atoms with E-state index in [0.717, 1.165) is 26.1 Å². The molecule has 0 amide bonds. The molecule has 0 aliphatic carbocycles. The first-order valence-electron chi connectivity index (χ1n) is 7.66. The fourth-order valence-corrected chi connectivity index (χ4v) is 2.84. The van der Waals surface area contributed by atoms with Gasteiger partial charge >= 0.3 is 0 Å². The van der Waals surface area contributed by atoms with E-state index in [-0.39, 0.29) is 0 Å². The maximum absolute atomic E-state index is 6.12. The largest absolute Gasteiger partial charge is 0.329 e. The van der Waals surface area contributed by atoms with Crippen molar-refractivity contribution < 1.29 is 0 Å². The highest BCUT2D eigenvalue weighted by atomic mass is 15.2. The fourth-order valence-electron chi connectivity index (χ4n) is 2.84. The number of nitrogens with zero attached hydrogens (tertiary/aromatic N) is 2. The molecule has 3 nitrogen and oxygen atoms in total. The molecular formula is C17H31N3. The van der Waals surface area contributed by atoms with Crippen molar-refractivity contribution in [3.05, 3.63) is 34.9 Å². The van der Waals surface area contributed by atoms with Crippen LogP contribution in [0.1, 0.15) is 36.1 Å². The second kappa shape index (κ2) is 8.40. The van der Waals surface area contributed by atoms with Gasteiger partial charge in [0.2, 0.25) is 0 Å². The summed E-state index contributed by atoms with van der Waals surface area (Å²) in [5, 5.41) is 0. The molecule has 0 aliphatic rings. The Labute approximate surface area is 124 Å². The van der Waals surface area contributed by atoms with Crippen LogP contribution in [0.4, 0.5) is 0 Å². The Morgan fingerprint density at radius 2 is 1.65 bits per heavy atom. The van der Waals surface area contributed by atoms with Crippen molar-refractivity contribution in [3.8, 4) is 0 Å². The minimum absolute atomic E-state index is 0.330. The third kappa shape index (κ3) is 4.58. The first-order chi connectivity index (χ1) is 9.51. The summed E-state index contributed by atoms with van der Waals surface area (Å²) in [5.41, 5.74) is 10.2. The summed E-state index contributed by atoms with van der Waals surface area (Å²) in [6.45, 7) is 10.5. The van der Waals surface area contributed by atoms with E-state index in [2.05, 4.69) is 62.9 Å². The Morgan fingerprint density at radius 3 is 2.10 bits per heavy atom. The summed E-state index contributed by atoms with van der Waals surface area (Å²) >= 11 is 0. The molecule has 1 atom stereocenters. The standard InChI is InChI=1S/C17H31N3/c1-6-10-20(12-11-19(4)5)16(13-18)17-14(2)8-7-9-15(17)3/h7-9,16H,6,10-13,18H2,1-5H3. The lowest BCUT2D eigenvalue weighted by atomic mass is 9.95. The third-order valence-corrected chi connectivity index (χ3v) is 3.88. The zero-order valence-electron chi connectivity index (χ0n) is 13.8. The van der Waals surface area contributed by atoms with Gasteiger partial charge in [-0.05, 0) is 57.6 Å². The number of nitrogens with two attached hydrogens (primary N) is 1. The van der Waals surface area contributed by atoms with Gasteiger partial charge in [-0.2, -0.15) is 0 Å². The molecule has 0 spiro atoms. The van der Waals surface area contributed by atoms with Gasteiger partial charge in [0.15, 0.2) is 0 Å². The van der Waals surface area contributed by atoms with Crippen molar-refractivity contribution in [1.29, 1.82) is 0 Å². The number of benzene rings is 1. The van der Waals surface area contributed by atoms with Crippen molar-refractivity contribution in [3.63, 3.8) is 0 Å². The molecule has 0 radical (unpaired) electrons. The van der Waals surface area contributed by atoms with Gasteiger partial charge < -0.3 is 10.6 Å². The molecule has 0 heterocycles. The summed E-state index contributed by atoms with van der Waals surface area (Å²) in [6, 6.07) is 6.85. The average molecular weight is 277 g/mol. The number of aryl methyl sites for hydroxylation is 2. The second-order valence-electron chi connectivity index (χ2n) is 5.90. The van der Waals surface area contributed by atoms with E-state index in [9.17, 15) is 0 Å². The van der Waals surface area contributed by atoms with Crippen LogP contribution in [0.2, 0.25) is 0 Å². The van der Waals surface area contributed by atoms with Crippen LogP contribution in [0, 0.1) is 13.8 Å². The Balaban J connectivity index is 3.00. The smallest absolute Gasteiger partial charge is 0.0476 e. The molecule has 20 heavy (non-hydrogen) atoms. The normalized spacial score (nSPS) is 13.2. The third-order valence-electron chi connectivity index (χ3n) is 3.88. The van der Waals surface area contributed by atoms with E-state index < -0.39 is 0 Å². The van der Waals surface area contributed by atoms with Crippen molar-refractivity contribution in [2.75, 3.05) is 40.3 Å². The molecule has 1 unspecified atom stereocenters. The zero-order chi connectivity index (χ0) is 15.1. The number of rotatable bonds is 8. The van der Waals surface area contributed by atoms with Gasteiger partial charge in [-0.3, -0.25) is 4.90 Å². The van der Waals surface area contributed by atoms with Crippen LogP contribution in [0.25, 0.3) is 0 Å². The van der Waals surface area contributed by atoms with Crippen LogP contribution in [-0.2, 0) is 0 Å². The lowest BCUT2D eigenvalue weighted by molar-refractivity contribution is 0.181. The van der Waals surface area contributed by atoms with Crippen LogP contribution in [0.15, 0.2) is 18.2 Å². The van der Waals surface area contributed by atoms with Gasteiger partial charge in [-0.1, -0.05) is 25.1 Å². The van der Waals surface area contributed by atoms with Crippen LogP contribution in [0.5, 0.6) is 0 Å². The highest BCUT2D eigenvalue weighted by molar-refractivity contribution is 5.36. The number of hydrogen-bond acceptors (Lipinski definition) is 3. The molecular weight excluding hydrogens is 246 g/mol. The van der Waals surface area contributed by atoms with Crippen LogP contribution < -0.4 is 5.73 Å². The molecule has 0 fully saturated rings. The van der Waals surface area contributed by atoms with Gasteiger partial charge in [-0.15, -0.1) is 0 Å². The molecule has 0 saturated heterocycles. The molecule has 114 valence electrons.